The van der Waals surface area contributed by atoms with Crippen LogP contribution in [0.1, 0.15) is 26.7 Å². The second-order valence-corrected chi connectivity index (χ2v) is 5.74. The van der Waals surface area contributed by atoms with Gasteiger partial charge in [0.1, 0.15) is 0 Å². The number of hydrogen-bond acceptors (Lipinski definition) is 4. The standard InChI is InChI=1S/C14H27N3O3/c1-10(2)17(4)14(19)12-8-11(9-16(12)3)15-13(18)6-7-20-5/h10-12H,6-9H2,1-5H3,(H,15,18)/t11-,12-/m0/s1. The first-order chi connectivity index (χ1) is 9.36. The van der Waals surface area contributed by atoms with Crippen molar-refractivity contribution in [1.29, 1.82) is 0 Å². The lowest BCUT2D eigenvalue weighted by Crippen LogP contribution is -2.45. The van der Waals surface area contributed by atoms with E-state index in [9.17, 15) is 9.59 Å². The Kier molecular flexibility index (Phi) is 6.42. The van der Waals surface area contributed by atoms with Crippen LogP contribution in [0.15, 0.2) is 0 Å². The van der Waals surface area contributed by atoms with Crippen molar-refractivity contribution in [2.75, 3.05) is 34.4 Å². The number of carbonyl (C=O) groups excluding carboxylic acids is 2. The number of likely N-dealkylation sites (tertiary alicyclic amines) is 1. The summed E-state index contributed by atoms with van der Waals surface area (Å²) < 4.78 is 4.88. The van der Waals surface area contributed by atoms with Gasteiger partial charge in [-0.1, -0.05) is 0 Å². The zero-order valence-corrected chi connectivity index (χ0v) is 13.2. The number of likely N-dealkylation sites (N-methyl/N-ethyl adjacent to an activating group) is 2. The molecule has 6 heteroatoms. The van der Waals surface area contributed by atoms with E-state index in [1.54, 1.807) is 12.0 Å². The molecule has 1 rings (SSSR count). The highest BCUT2D eigenvalue weighted by Gasteiger charge is 2.36. The van der Waals surface area contributed by atoms with Gasteiger partial charge in [0.25, 0.3) is 0 Å². The summed E-state index contributed by atoms with van der Waals surface area (Å²) in [4.78, 5) is 27.8. The largest absolute Gasteiger partial charge is 0.384 e. The molecule has 0 radical (unpaired) electrons. The van der Waals surface area contributed by atoms with Crippen LogP contribution >= 0.6 is 0 Å². The molecule has 1 heterocycles. The van der Waals surface area contributed by atoms with Gasteiger partial charge in [0.05, 0.1) is 12.6 Å². The summed E-state index contributed by atoms with van der Waals surface area (Å²) in [6.07, 6.45) is 1.03. The fourth-order valence-electron chi connectivity index (χ4n) is 2.38. The Hall–Kier alpha value is -1.14. The van der Waals surface area contributed by atoms with Gasteiger partial charge in [-0.2, -0.15) is 0 Å². The van der Waals surface area contributed by atoms with Crippen LogP contribution in [-0.4, -0.2) is 74.1 Å². The Morgan fingerprint density at radius 2 is 2.10 bits per heavy atom. The number of ether oxygens (including phenoxy) is 1. The van der Waals surface area contributed by atoms with Crippen molar-refractivity contribution >= 4 is 11.8 Å². The topological polar surface area (TPSA) is 61.9 Å². The van der Waals surface area contributed by atoms with E-state index < -0.39 is 0 Å². The molecule has 0 unspecified atom stereocenters. The summed E-state index contributed by atoms with van der Waals surface area (Å²) in [6.45, 7) is 5.13. The molecule has 2 atom stereocenters. The lowest BCUT2D eigenvalue weighted by molar-refractivity contribution is -0.135. The molecule has 116 valence electrons. The van der Waals surface area contributed by atoms with E-state index in [1.807, 2.05) is 32.8 Å². The summed E-state index contributed by atoms with van der Waals surface area (Å²) in [7, 11) is 5.33. The number of methoxy groups -OCH3 is 1. The second-order valence-electron chi connectivity index (χ2n) is 5.74. The quantitative estimate of drug-likeness (QED) is 0.751. The molecule has 0 aromatic rings. The van der Waals surface area contributed by atoms with Crippen LogP contribution in [-0.2, 0) is 14.3 Å². The van der Waals surface area contributed by atoms with E-state index in [0.29, 0.717) is 26.0 Å². The van der Waals surface area contributed by atoms with Crippen LogP contribution in [0.4, 0.5) is 0 Å². The molecule has 0 bridgehead atoms. The number of rotatable bonds is 6. The van der Waals surface area contributed by atoms with Gasteiger partial charge in [0, 0.05) is 39.2 Å². The number of carbonyl (C=O) groups is 2. The molecular formula is C14H27N3O3. The SMILES string of the molecule is COCCC(=O)N[C@H]1C[C@@H](C(=O)N(C)C(C)C)N(C)C1. The van der Waals surface area contributed by atoms with Crippen molar-refractivity contribution in [3.05, 3.63) is 0 Å². The highest BCUT2D eigenvalue weighted by Crippen LogP contribution is 2.18. The van der Waals surface area contributed by atoms with Crippen LogP contribution in [0, 0.1) is 0 Å². The molecule has 20 heavy (non-hydrogen) atoms. The molecule has 2 amide bonds. The molecule has 1 saturated heterocycles. The van der Waals surface area contributed by atoms with Crippen molar-refractivity contribution in [2.24, 2.45) is 0 Å². The monoisotopic (exact) mass is 285 g/mol. The molecular weight excluding hydrogens is 258 g/mol. The Morgan fingerprint density at radius 1 is 1.45 bits per heavy atom. The minimum atomic E-state index is -0.143. The predicted molar refractivity (Wildman–Crippen MR) is 77.4 cm³/mol. The third-order valence-electron chi connectivity index (χ3n) is 3.85. The molecule has 0 aromatic heterocycles. The maximum Gasteiger partial charge on any atom is 0.239 e. The lowest BCUT2D eigenvalue weighted by atomic mass is 10.1. The van der Waals surface area contributed by atoms with E-state index >= 15 is 0 Å². The molecule has 6 nitrogen and oxygen atoms in total. The molecule has 1 N–H and O–H groups in total. The number of amides is 2. The minimum absolute atomic E-state index is 0.0180. The van der Waals surface area contributed by atoms with Crippen LogP contribution < -0.4 is 5.32 Å². The van der Waals surface area contributed by atoms with Gasteiger partial charge < -0.3 is 15.0 Å². The van der Waals surface area contributed by atoms with Gasteiger partial charge in [-0.25, -0.2) is 0 Å². The van der Waals surface area contributed by atoms with Gasteiger partial charge in [-0.3, -0.25) is 14.5 Å². The Balaban J connectivity index is 2.50. The van der Waals surface area contributed by atoms with Crippen LogP contribution in [0.2, 0.25) is 0 Å². The summed E-state index contributed by atoms with van der Waals surface area (Å²) >= 11 is 0. The van der Waals surface area contributed by atoms with E-state index in [0.717, 1.165) is 0 Å². The zero-order valence-electron chi connectivity index (χ0n) is 13.2. The average molecular weight is 285 g/mol. The first-order valence-corrected chi connectivity index (χ1v) is 7.12. The Morgan fingerprint density at radius 3 is 2.65 bits per heavy atom. The summed E-state index contributed by atoms with van der Waals surface area (Å²) in [5.74, 6) is 0.103. The average Bonchev–Trinajstić information content (AvgIpc) is 2.75. The van der Waals surface area contributed by atoms with Gasteiger partial charge in [0.15, 0.2) is 0 Å². The third-order valence-corrected chi connectivity index (χ3v) is 3.85. The first kappa shape index (κ1) is 16.9. The summed E-state index contributed by atoms with van der Waals surface area (Å²) in [5.41, 5.74) is 0. The second kappa shape index (κ2) is 7.59. The van der Waals surface area contributed by atoms with Gasteiger partial charge in [0.2, 0.25) is 11.8 Å². The van der Waals surface area contributed by atoms with Crippen molar-refractivity contribution in [3.8, 4) is 0 Å². The molecule has 0 spiro atoms. The molecule has 0 aliphatic carbocycles. The predicted octanol–water partition coefficient (Wildman–Crippen LogP) is 0.0786. The number of nitrogens with one attached hydrogen (secondary N) is 1. The normalized spacial score (nSPS) is 23.1. The van der Waals surface area contributed by atoms with Gasteiger partial charge in [-0.15, -0.1) is 0 Å². The highest BCUT2D eigenvalue weighted by molar-refractivity contribution is 5.82. The maximum absolute atomic E-state index is 12.4. The van der Waals surface area contributed by atoms with Crippen LogP contribution in [0.5, 0.6) is 0 Å². The van der Waals surface area contributed by atoms with Crippen LogP contribution in [0.3, 0.4) is 0 Å². The molecule has 1 fully saturated rings. The van der Waals surface area contributed by atoms with E-state index in [-0.39, 0.29) is 29.9 Å². The van der Waals surface area contributed by atoms with E-state index in [4.69, 9.17) is 4.74 Å². The Bertz CT molecular complexity index is 347. The molecule has 0 saturated carbocycles. The smallest absolute Gasteiger partial charge is 0.239 e. The van der Waals surface area contributed by atoms with Gasteiger partial charge in [-0.05, 0) is 27.3 Å². The van der Waals surface area contributed by atoms with E-state index in [1.165, 1.54) is 0 Å². The number of hydrogen-bond donors (Lipinski definition) is 1. The fraction of sp³-hybridized carbons (Fsp3) is 0.857. The first-order valence-electron chi connectivity index (χ1n) is 7.12. The molecule has 0 aromatic carbocycles. The lowest BCUT2D eigenvalue weighted by Gasteiger charge is -2.27. The summed E-state index contributed by atoms with van der Waals surface area (Å²) in [6, 6.07) is 0.0836. The highest BCUT2D eigenvalue weighted by atomic mass is 16.5. The van der Waals surface area contributed by atoms with Gasteiger partial charge >= 0.3 is 0 Å². The van der Waals surface area contributed by atoms with Crippen molar-refractivity contribution in [3.63, 3.8) is 0 Å². The maximum atomic E-state index is 12.4. The molecule has 1 aliphatic heterocycles. The number of nitrogens with zero attached hydrogens (tertiary/aromatic N) is 2. The fourth-order valence-corrected chi connectivity index (χ4v) is 2.38. The molecule has 1 aliphatic rings. The summed E-state index contributed by atoms with van der Waals surface area (Å²) in [5, 5.41) is 2.97. The van der Waals surface area contributed by atoms with Crippen molar-refractivity contribution < 1.29 is 14.3 Å². The Labute approximate surface area is 121 Å². The van der Waals surface area contributed by atoms with Crippen molar-refractivity contribution in [2.45, 2.75) is 44.8 Å². The van der Waals surface area contributed by atoms with Crippen molar-refractivity contribution in [1.82, 2.24) is 15.1 Å². The minimum Gasteiger partial charge on any atom is -0.384 e. The van der Waals surface area contributed by atoms with E-state index in [2.05, 4.69) is 5.32 Å². The zero-order chi connectivity index (χ0) is 15.3. The van der Waals surface area contributed by atoms with Crippen LogP contribution in [0.25, 0.3) is 0 Å². The third kappa shape index (κ3) is 4.45.